The van der Waals surface area contributed by atoms with Crippen LogP contribution in [0.25, 0.3) is 0 Å². The monoisotopic (exact) mass is 442 g/mol. The molecule has 0 unspecified atom stereocenters. The molecule has 0 aliphatic rings. The van der Waals surface area contributed by atoms with Gasteiger partial charge in [0.05, 0.1) is 47.6 Å². The van der Waals surface area contributed by atoms with Gasteiger partial charge in [0, 0.05) is 0 Å². The van der Waals surface area contributed by atoms with Gasteiger partial charge in [0.15, 0.2) is 0 Å². The maximum absolute atomic E-state index is 12.9. The van der Waals surface area contributed by atoms with Crippen molar-refractivity contribution in [2.75, 3.05) is 13.2 Å². The zero-order valence-electron chi connectivity index (χ0n) is 16.0. The van der Waals surface area contributed by atoms with Gasteiger partial charge in [-0.05, 0) is 55.7 Å². The molecule has 4 nitrogen and oxygen atoms in total. The van der Waals surface area contributed by atoms with Crippen LogP contribution in [0.1, 0.15) is 41.5 Å². The molecular formula is C21H16F6N2O2. The lowest BCUT2D eigenvalue weighted by molar-refractivity contribution is -0.138. The van der Waals surface area contributed by atoms with Crippen LogP contribution in [0.15, 0.2) is 36.4 Å². The van der Waals surface area contributed by atoms with Crippen LogP contribution in [-0.2, 0) is 12.4 Å². The van der Waals surface area contributed by atoms with Crippen LogP contribution in [0.4, 0.5) is 26.3 Å². The van der Waals surface area contributed by atoms with Gasteiger partial charge in [-0.3, -0.25) is 0 Å². The molecule has 0 heterocycles. The number of halogens is 6. The van der Waals surface area contributed by atoms with E-state index in [1.165, 1.54) is 24.3 Å². The van der Waals surface area contributed by atoms with Gasteiger partial charge in [-0.1, -0.05) is 0 Å². The van der Waals surface area contributed by atoms with Crippen LogP contribution < -0.4 is 9.47 Å². The second kappa shape index (κ2) is 10.1. The van der Waals surface area contributed by atoms with Crippen LogP contribution in [0.2, 0.25) is 0 Å². The number of unbranched alkanes of at least 4 members (excludes halogenated alkanes) is 2. The third kappa shape index (κ3) is 6.82. The zero-order valence-corrected chi connectivity index (χ0v) is 16.0. The topological polar surface area (TPSA) is 66.0 Å². The summed E-state index contributed by atoms with van der Waals surface area (Å²) in [6.45, 7) is 0.247. The molecule has 0 atom stereocenters. The van der Waals surface area contributed by atoms with Crippen LogP contribution in [0.3, 0.4) is 0 Å². The third-order valence-electron chi connectivity index (χ3n) is 4.16. The van der Waals surface area contributed by atoms with Crippen LogP contribution in [-0.4, -0.2) is 13.2 Å². The number of nitriles is 2. The fourth-order valence-corrected chi connectivity index (χ4v) is 2.65. The SMILES string of the molecule is N#Cc1ccc(OCCCCCOc2ccc(C#N)c(C(F)(F)F)c2)cc1C(F)(F)F. The van der Waals surface area contributed by atoms with Crippen molar-refractivity contribution in [3.05, 3.63) is 58.7 Å². The van der Waals surface area contributed by atoms with Crippen molar-refractivity contribution >= 4 is 0 Å². The van der Waals surface area contributed by atoms with Gasteiger partial charge in [0.25, 0.3) is 0 Å². The fourth-order valence-electron chi connectivity index (χ4n) is 2.65. The van der Waals surface area contributed by atoms with Crippen molar-refractivity contribution in [2.24, 2.45) is 0 Å². The Labute approximate surface area is 174 Å². The number of nitrogens with zero attached hydrogens (tertiary/aromatic N) is 2. The van der Waals surface area contributed by atoms with E-state index in [1.54, 1.807) is 0 Å². The lowest BCUT2D eigenvalue weighted by Crippen LogP contribution is -2.09. The number of benzene rings is 2. The van der Waals surface area contributed by atoms with Gasteiger partial charge < -0.3 is 9.47 Å². The van der Waals surface area contributed by atoms with Gasteiger partial charge in [-0.2, -0.15) is 36.9 Å². The minimum atomic E-state index is -4.67. The summed E-state index contributed by atoms with van der Waals surface area (Å²) in [6, 6.07) is 9.14. The second-order valence-electron chi connectivity index (χ2n) is 6.39. The first-order chi connectivity index (χ1) is 14.6. The second-order valence-corrected chi connectivity index (χ2v) is 6.39. The van der Waals surface area contributed by atoms with Crippen LogP contribution in [0.5, 0.6) is 11.5 Å². The molecule has 2 aromatic rings. The molecule has 0 N–H and O–H groups in total. The maximum Gasteiger partial charge on any atom is 0.417 e. The summed E-state index contributed by atoms with van der Waals surface area (Å²) in [7, 11) is 0. The van der Waals surface area contributed by atoms with E-state index >= 15 is 0 Å². The molecule has 0 fully saturated rings. The number of alkyl halides is 6. The van der Waals surface area contributed by atoms with Crippen molar-refractivity contribution in [3.63, 3.8) is 0 Å². The lowest BCUT2D eigenvalue weighted by Gasteiger charge is -2.12. The summed E-state index contributed by atoms with van der Waals surface area (Å²) >= 11 is 0. The Hall–Kier alpha value is -3.40. The molecular weight excluding hydrogens is 426 g/mol. The zero-order chi connectivity index (χ0) is 23.1. The minimum absolute atomic E-state index is 0.0140. The molecule has 0 aliphatic carbocycles. The summed E-state index contributed by atoms with van der Waals surface area (Å²) in [5.74, 6) is -0.0281. The predicted octanol–water partition coefficient (Wildman–Crippen LogP) is 6.10. The van der Waals surface area contributed by atoms with Crippen molar-refractivity contribution in [1.82, 2.24) is 0 Å². The molecule has 31 heavy (non-hydrogen) atoms. The first kappa shape index (κ1) is 23.9. The molecule has 0 saturated heterocycles. The molecule has 0 bridgehead atoms. The maximum atomic E-state index is 12.9. The summed E-state index contributed by atoms with van der Waals surface area (Å²) in [6.07, 6.45) is -7.82. The molecule has 0 saturated carbocycles. The number of hydrogen-bond acceptors (Lipinski definition) is 4. The van der Waals surface area contributed by atoms with Gasteiger partial charge in [0.1, 0.15) is 11.5 Å². The van der Waals surface area contributed by atoms with E-state index in [0.29, 0.717) is 19.3 Å². The largest absolute Gasteiger partial charge is 0.494 e. The molecule has 2 aromatic carbocycles. The van der Waals surface area contributed by atoms with E-state index in [4.69, 9.17) is 20.0 Å². The normalized spacial score (nSPS) is 11.5. The van der Waals surface area contributed by atoms with E-state index in [2.05, 4.69) is 0 Å². The molecule has 0 amide bonds. The highest BCUT2D eigenvalue weighted by molar-refractivity contribution is 5.45. The molecule has 0 spiro atoms. The van der Waals surface area contributed by atoms with E-state index in [1.807, 2.05) is 0 Å². The summed E-state index contributed by atoms with van der Waals surface area (Å²) in [5.41, 5.74) is -3.12. The Balaban J connectivity index is 1.78. The fraction of sp³-hybridized carbons (Fsp3) is 0.333. The molecule has 2 rings (SSSR count). The van der Waals surface area contributed by atoms with Gasteiger partial charge in [0.2, 0.25) is 0 Å². The smallest absolute Gasteiger partial charge is 0.417 e. The summed E-state index contributed by atoms with van der Waals surface area (Å²) < 4.78 is 88.1. The summed E-state index contributed by atoms with van der Waals surface area (Å²) in [4.78, 5) is 0. The van der Waals surface area contributed by atoms with Gasteiger partial charge >= 0.3 is 12.4 Å². The molecule has 0 aliphatic heterocycles. The van der Waals surface area contributed by atoms with Crippen LogP contribution in [0, 0.1) is 22.7 Å². The Kier molecular flexibility index (Phi) is 7.76. The van der Waals surface area contributed by atoms with Crippen molar-refractivity contribution < 1.29 is 35.8 Å². The average molecular weight is 442 g/mol. The molecule has 0 radical (unpaired) electrons. The first-order valence-electron chi connectivity index (χ1n) is 9.04. The Bertz CT molecular complexity index is 908. The first-order valence-corrected chi connectivity index (χ1v) is 9.04. The number of rotatable bonds is 8. The third-order valence-corrected chi connectivity index (χ3v) is 4.16. The highest BCUT2D eigenvalue weighted by atomic mass is 19.4. The van der Waals surface area contributed by atoms with E-state index in [0.717, 1.165) is 24.3 Å². The van der Waals surface area contributed by atoms with Gasteiger partial charge in [-0.15, -0.1) is 0 Å². The van der Waals surface area contributed by atoms with Crippen molar-refractivity contribution in [1.29, 1.82) is 10.5 Å². The Morgan fingerprint density at radius 3 is 1.35 bits per heavy atom. The number of ether oxygens (including phenoxy) is 2. The van der Waals surface area contributed by atoms with E-state index < -0.39 is 34.6 Å². The van der Waals surface area contributed by atoms with Crippen LogP contribution >= 0.6 is 0 Å². The van der Waals surface area contributed by atoms with Crippen molar-refractivity contribution in [2.45, 2.75) is 31.6 Å². The lowest BCUT2D eigenvalue weighted by atomic mass is 10.1. The van der Waals surface area contributed by atoms with E-state index in [9.17, 15) is 26.3 Å². The van der Waals surface area contributed by atoms with Gasteiger partial charge in [-0.25, -0.2) is 0 Å². The van der Waals surface area contributed by atoms with Crippen molar-refractivity contribution in [3.8, 4) is 23.6 Å². The molecule has 164 valence electrons. The predicted molar refractivity (Wildman–Crippen MR) is 97.2 cm³/mol. The number of hydrogen-bond donors (Lipinski definition) is 0. The van der Waals surface area contributed by atoms with E-state index in [-0.39, 0.29) is 24.7 Å². The quantitative estimate of drug-likeness (QED) is 0.366. The Morgan fingerprint density at radius 1 is 0.645 bits per heavy atom. The molecule has 0 aromatic heterocycles. The minimum Gasteiger partial charge on any atom is -0.494 e. The highest BCUT2D eigenvalue weighted by Gasteiger charge is 2.34. The highest BCUT2D eigenvalue weighted by Crippen LogP contribution is 2.35. The Morgan fingerprint density at radius 2 is 1.03 bits per heavy atom. The summed E-state index contributed by atoms with van der Waals surface area (Å²) in [5, 5.41) is 17.5. The molecule has 10 heteroatoms. The standard InChI is InChI=1S/C21H16F6N2O2/c22-20(23,24)18-10-16(6-4-14(18)12-28)30-8-2-1-3-9-31-17-7-5-15(13-29)19(11-17)21(25,26)27/h4-7,10-11H,1-3,8-9H2. The average Bonchev–Trinajstić information content (AvgIpc) is 2.71.